The van der Waals surface area contributed by atoms with Crippen molar-refractivity contribution < 1.29 is 4.79 Å². The van der Waals surface area contributed by atoms with E-state index in [0.29, 0.717) is 19.0 Å². The maximum absolute atomic E-state index is 13.4. The molecule has 1 saturated heterocycles. The second-order valence-electron chi connectivity index (χ2n) is 7.60. The second-order valence-corrected chi connectivity index (χ2v) is 7.60. The Kier molecular flexibility index (Phi) is 3.99. The van der Waals surface area contributed by atoms with Crippen LogP contribution in [0.1, 0.15) is 40.5 Å². The van der Waals surface area contributed by atoms with E-state index in [4.69, 9.17) is 4.98 Å². The number of nitrogens with zero attached hydrogens (tertiary/aromatic N) is 7. The van der Waals surface area contributed by atoms with E-state index in [1.807, 2.05) is 31.0 Å². The van der Waals surface area contributed by atoms with Gasteiger partial charge in [-0.25, -0.2) is 15.0 Å². The highest BCUT2D eigenvalue weighted by atomic mass is 16.2. The predicted octanol–water partition coefficient (Wildman–Crippen LogP) is 1.91. The number of anilines is 1. The molecule has 8 nitrogen and oxygen atoms in total. The zero-order valence-corrected chi connectivity index (χ0v) is 16.2. The van der Waals surface area contributed by atoms with E-state index in [-0.39, 0.29) is 5.91 Å². The molecule has 2 aliphatic rings. The summed E-state index contributed by atoms with van der Waals surface area (Å²) < 4.78 is 1.79. The van der Waals surface area contributed by atoms with Crippen LogP contribution in [0.4, 0.5) is 5.95 Å². The number of piperazine rings is 1. The summed E-state index contributed by atoms with van der Waals surface area (Å²) in [5, 5.41) is 5.39. The van der Waals surface area contributed by atoms with Gasteiger partial charge in [0.05, 0.1) is 16.6 Å². The van der Waals surface area contributed by atoms with Crippen molar-refractivity contribution in [3.63, 3.8) is 0 Å². The molecule has 144 valence electrons. The van der Waals surface area contributed by atoms with Gasteiger partial charge in [0, 0.05) is 57.2 Å². The van der Waals surface area contributed by atoms with Crippen molar-refractivity contribution in [2.45, 2.75) is 25.7 Å². The summed E-state index contributed by atoms with van der Waals surface area (Å²) in [4.78, 5) is 30.9. The van der Waals surface area contributed by atoms with Crippen LogP contribution < -0.4 is 4.90 Å². The average Bonchev–Trinajstić information content (AvgIpc) is 3.54. The Hall–Kier alpha value is -3.03. The predicted molar refractivity (Wildman–Crippen MR) is 105 cm³/mol. The average molecular weight is 377 g/mol. The lowest BCUT2D eigenvalue weighted by molar-refractivity contribution is 0.0748. The summed E-state index contributed by atoms with van der Waals surface area (Å²) in [7, 11) is 1.89. The van der Waals surface area contributed by atoms with Crippen molar-refractivity contribution in [3.05, 3.63) is 41.5 Å². The number of pyridine rings is 1. The molecule has 1 amide bonds. The van der Waals surface area contributed by atoms with Gasteiger partial charge in [-0.3, -0.25) is 9.48 Å². The Morgan fingerprint density at radius 3 is 2.50 bits per heavy atom. The summed E-state index contributed by atoms with van der Waals surface area (Å²) >= 11 is 0. The fourth-order valence-electron chi connectivity index (χ4n) is 3.96. The van der Waals surface area contributed by atoms with Gasteiger partial charge in [-0.1, -0.05) is 0 Å². The molecule has 3 aromatic rings. The first kappa shape index (κ1) is 17.1. The van der Waals surface area contributed by atoms with Gasteiger partial charge in [0.1, 0.15) is 0 Å². The third-order valence-electron chi connectivity index (χ3n) is 5.62. The van der Waals surface area contributed by atoms with Crippen molar-refractivity contribution in [3.8, 4) is 0 Å². The van der Waals surface area contributed by atoms with Gasteiger partial charge in [-0.2, -0.15) is 5.10 Å². The largest absolute Gasteiger partial charge is 0.337 e. The minimum Gasteiger partial charge on any atom is -0.337 e. The van der Waals surface area contributed by atoms with Crippen molar-refractivity contribution >= 4 is 22.9 Å². The third-order valence-corrected chi connectivity index (χ3v) is 5.62. The highest BCUT2D eigenvalue weighted by Crippen LogP contribution is 2.40. The first-order chi connectivity index (χ1) is 13.6. The van der Waals surface area contributed by atoms with E-state index < -0.39 is 0 Å². The zero-order chi connectivity index (χ0) is 19.3. The number of fused-ring (bicyclic) bond motifs is 1. The first-order valence-corrected chi connectivity index (χ1v) is 9.77. The Balaban J connectivity index is 1.43. The topological polar surface area (TPSA) is 80.0 Å². The summed E-state index contributed by atoms with van der Waals surface area (Å²) in [6.07, 6.45) is 5.80. The molecule has 0 bridgehead atoms. The molecule has 0 spiro atoms. The number of carbonyl (C=O) groups is 1. The Morgan fingerprint density at radius 2 is 1.82 bits per heavy atom. The van der Waals surface area contributed by atoms with E-state index in [2.05, 4.69) is 20.0 Å². The van der Waals surface area contributed by atoms with Gasteiger partial charge in [0.25, 0.3) is 5.91 Å². The molecule has 0 radical (unpaired) electrons. The smallest absolute Gasteiger partial charge is 0.254 e. The Bertz CT molecular complexity index is 1030. The quantitative estimate of drug-likeness (QED) is 0.694. The molecule has 1 saturated carbocycles. The van der Waals surface area contributed by atoms with Crippen LogP contribution in [0.5, 0.6) is 0 Å². The second kappa shape index (κ2) is 6.54. The number of hydrogen-bond donors (Lipinski definition) is 0. The zero-order valence-electron chi connectivity index (χ0n) is 16.2. The van der Waals surface area contributed by atoms with E-state index in [0.717, 1.165) is 59.9 Å². The Labute approximate surface area is 163 Å². The van der Waals surface area contributed by atoms with Crippen molar-refractivity contribution in [1.29, 1.82) is 0 Å². The van der Waals surface area contributed by atoms with Crippen LogP contribution >= 0.6 is 0 Å². The molecule has 1 aliphatic heterocycles. The molecule has 2 fully saturated rings. The van der Waals surface area contributed by atoms with E-state index in [9.17, 15) is 4.79 Å². The standard InChI is InChI=1S/C20H23N7O/c1-13-17-15(12-16(14-4-5-14)23-18(17)25(2)24-13)19(28)26-8-10-27(11-9-26)20-21-6-3-7-22-20/h3,6-7,12,14H,4-5,8-11H2,1-2H3. The normalized spacial score (nSPS) is 17.4. The maximum atomic E-state index is 13.4. The molecule has 4 heterocycles. The molecule has 8 heteroatoms. The lowest BCUT2D eigenvalue weighted by atomic mass is 10.1. The number of amides is 1. The molecule has 3 aromatic heterocycles. The fourth-order valence-corrected chi connectivity index (χ4v) is 3.96. The summed E-state index contributed by atoms with van der Waals surface area (Å²) in [6.45, 7) is 4.71. The van der Waals surface area contributed by atoms with Gasteiger partial charge in [0.2, 0.25) is 5.95 Å². The molecule has 0 unspecified atom stereocenters. The molecular formula is C20H23N7O. The molecular weight excluding hydrogens is 354 g/mol. The number of hydrogen-bond acceptors (Lipinski definition) is 6. The minimum absolute atomic E-state index is 0.0685. The van der Waals surface area contributed by atoms with Gasteiger partial charge >= 0.3 is 0 Å². The van der Waals surface area contributed by atoms with Crippen LogP contribution in [0.2, 0.25) is 0 Å². The van der Waals surface area contributed by atoms with Gasteiger partial charge in [0.15, 0.2) is 5.65 Å². The number of carbonyl (C=O) groups excluding carboxylic acids is 1. The van der Waals surface area contributed by atoms with Crippen molar-refractivity contribution in [2.75, 3.05) is 31.1 Å². The number of rotatable bonds is 3. The molecule has 0 atom stereocenters. The van der Waals surface area contributed by atoms with Crippen LogP contribution in [-0.4, -0.2) is 61.7 Å². The van der Waals surface area contributed by atoms with Crippen LogP contribution in [-0.2, 0) is 7.05 Å². The summed E-state index contributed by atoms with van der Waals surface area (Å²) in [5.41, 5.74) is 3.42. The highest BCUT2D eigenvalue weighted by Gasteiger charge is 2.30. The monoisotopic (exact) mass is 377 g/mol. The summed E-state index contributed by atoms with van der Waals surface area (Å²) in [5.74, 6) is 1.28. The van der Waals surface area contributed by atoms with Gasteiger partial charge < -0.3 is 9.80 Å². The first-order valence-electron chi connectivity index (χ1n) is 9.77. The lowest BCUT2D eigenvalue weighted by Crippen LogP contribution is -2.49. The minimum atomic E-state index is 0.0685. The SMILES string of the molecule is Cc1nn(C)c2nc(C3CC3)cc(C(=O)N3CCN(c4ncccn4)CC3)c12. The van der Waals surface area contributed by atoms with Crippen LogP contribution in [0.25, 0.3) is 11.0 Å². The molecule has 1 aliphatic carbocycles. The molecule has 0 N–H and O–H groups in total. The van der Waals surface area contributed by atoms with E-state index >= 15 is 0 Å². The highest BCUT2D eigenvalue weighted by molar-refractivity contribution is 6.06. The van der Waals surface area contributed by atoms with Crippen molar-refractivity contribution in [2.24, 2.45) is 7.05 Å². The van der Waals surface area contributed by atoms with Crippen LogP contribution in [0, 0.1) is 6.92 Å². The molecule has 0 aromatic carbocycles. The van der Waals surface area contributed by atoms with Crippen molar-refractivity contribution in [1.82, 2.24) is 29.6 Å². The lowest BCUT2D eigenvalue weighted by Gasteiger charge is -2.34. The van der Waals surface area contributed by atoms with Crippen LogP contribution in [0.3, 0.4) is 0 Å². The summed E-state index contributed by atoms with van der Waals surface area (Å²) in [6, 6.07) is 3.81. The maximum Gasteiger partial charge on any atom is 0.254 e. The number of aryl methyl sites for hydroxylation is 2. The third kappa shape index (κ3) is 2.89. The number of aromatic nitrogens is 5. The van der Waals surface area contributed by atoms with Crippen LogP contribution in [0.15, 0.2) is 24.5 Å². The van der Waals surface area contributed by atoms with E-state index in [1.54, 1.807) is 17.1 Å². The fraction of sp³-hybridized carbons (Fsp3) is 0.450. The molecule has 28 heavy (non-hydrogen) atoms. The Morgan fingerprint density at radius 1 is 1.11 bits per heavy atom. The van der Waals surface area contributed by atoms with Gasteiger partial charge in [-0.15, -0.1) is 0 Å². The van der Waals surface area contributed by atoms with Gasteiger partial charge in [-0.05, 0) is 31.9 Å². The van der Waals surface area contributed by atoms with E-state index in [1.165, 1.54) is 0 Å². The molecule has 5 rings (SSSR count).